The van der Waals surface area contributed by atoms with E-state index in [4.69, 9.17) is 6.42 Å². The molecule has 0 amide bonds. The number of pyridine rings is 1. The second kappa shape index (κ2) is 4.07. The number of anilines is 1. The third-order valence-corrected chi connectivity index (χ3v) is 2.25. The van der Waals surface area contributed by atoms with Crippen molar-refractivity contribution in [1.82, 2.24) is 15.0 Å². The van der Waals surface area contributed by atoms with E-state index >= 15 is 0 Å². The van der Waals surface area contributed by atoms with E-state index in [1.807, 2.05) is 19.9 Å². The lowest BCUT2D eigenvalue weighted by Crippen LogP contribution is -1.95. The molecule has 0 fully saturated rings. The first kappa shape index (κ1) is 10.2. The van der Waals surface area contributed by atoms with Crippen LogP contribution in [0, 0.1) is 26.3 Å². The summed E-state index contributed by atoms with van der Waals surface area (Å²) in [5, 5.41) is 2.75. The van der Waals surface area contributed by atoms with Gasteiger partial charge in [0, 0.05) is 29.7 Å². The number of aromatic amines is 1. The quantitative estimate of drug-likeness (QED) is 0.592. The molecular formula is C12H12N4. The molecule has 16 heavy (non-hydrogen) atoms. The zero-order chi connectivity index (χ0) is 11.5. The van der Waals surface area contributed by atoms with Crippen molar-refractivity contribution in [2.75, 3.05) is 5.32 Å². The molecular weight excluding hydrogens is 200 g/mol. The van der Waals surface area contributed by atoms with Crippen molar-refractivity contribution in [2.45, 2.75) is 13.8 Å². The number of rotatable bonds is 2. The zero-order valence-electron chi connectivity index (χ0n) is 9.20. The normalized spacial score (nSPS) is 9.81. The molecule has 0 atom stereocenters. The van der Waals surface area contributed by atoms with Gasteiger partial charge in [0.2, 0.25) is 0 Å². The van der Waals surface area contributed by atoms with Gasteiger partial charge in [-0.25, -0.2) is 9.97 Å². The Labute approximate surface area is 94.1 Å². The van der Waals surface area contributed by atoms with Crippen molar-refractivity contribution in [2.24, 2.45) is 0 Å². The van der Waals surface area contributed by atoms with Gasteiger partial charge in [-0.15, -0.1) is 0 Å². The van der Waals surface area contributed by atoms with Gasteiger partial charge >= 0.3 is 0 Å². The number of aryl methyl sites for hydroxylation is 2. The minimum Gasteiger partial charge on any atom is -0.342 e. The molecule has 0 spiro atoms. The van der Waals surface area contributed by atoms with E-state index in [2.05, 4.69) is 26.3 Å². The van der Waals surface area contributed by atoms with Gasteiger partial charge in [0.1, 0.15) is 11.6 Å². The van der Waals surface area contributed by atoms with Crippen molar-refractivity contribution < 1.29 is 0 Å². The highest BCUT2D eigenvalue weighted by molar-refractivity contribution is 5.60. The minimum atomic E-state index is 0.703. The predicted molar refractivity (Wildman–Crippen MR) is 63.7 cm³/mol. The van der Waals surface area contributed by atoms with E-state index in [1.54, 1.807) is 12.4 Å². The van der Waals surface area contributed by atoms with Crippen molar-refractivity contribution in [1.29, 1.82) is 0 Å². The van der Waals surface area contributed by atoms with Crippen LogP contribution < -0.4 is 5.32 Å². The third kappa shape index (κ3) is 1.89. The van der Waals surface area contributed by atoms with Gasteiger partial charge in [-0.05, 0) is 25.5 Å². The maximum Gasteiger partial charge on any atom is 0.140 e. The summed E-state index contributed by atoms with van der Waals surface area (Å²) in [7, 11) is 0. The van der Waals surface area contributed by atoms with Crippen LogP contribution in [0.15, 0.2) is 18.5 Å². The topological polar surface area (TPSA) is 53.6 Å². The SMILES string of the molecule is C#CNc1ncc(-c2ncc(C)[nH]2)cc1C. The molecule has 0 unspecified atom stereocenters. The lowest BCUT2D eigenvalue weighted by Gasteiger charge is -2.04. The Balaban J connectivity index is 2.38. The van der Waals surface area contributed by atoms with Gasteiger partial charge in [-0.2, -0.15) is 0 Å². The summed E-state index contributed by atoms with van der Waals surface area (Å²) < 4.78 is 0. The van der Waals surface area contributed by atoms with Crippen LogP contribution in [0.2, 0.25) is 0 Å². The molecule has 0 bridgehead atoms. The molecule has 0 saturated carbocycles. The summed E-state index contributed by atoms with van der Waals surface area (Å²) in [6.07, 6.45) is 8.69. The van der Waals surface area contributed by atoms with Crippen LogP contribution in [0.1, 0.15) is 11.3 Å². The van der Waals surface area contributed by atoms with Crippen molar-refractivity contribution in [3.05, 3.63) is 29.7 Å². The Morgan fingerprint density at radius 2 is 2.12 bits per heavy atom. The van der Waals surface area contributed by atoms with Gasteiger partial charge in [0.25, 0.3) is 0 Å². The number of hydrogen-bond acceptors (Lipinski definition) is 3. The molecule has 0 aliphatic rings. The van der Waals surface area contributed by atoms with Gasteiger partial charge in [0.05, 0.1) is 0 Å². The molecule has 4 heteroatoms. The number of nitrogens with one attached hydrogen (secondary N) is 2. The first-order valence-electron chi connectivity index (χ1n) is 4.91. The average molecular weight is 212 g/mol. The maximum absolute atomic E-state index is 5.16. The molecule has 2 heterocycles. The van der Waals surface area contributed by atoms with Crippen molar-refractivity contribution in [3.8, 4) is 23.9 Å². The number of nitrogens with zero attached hydrogens (tertiary/aromatic N) is 2. The average Bonchev–Trinajstić information content (AvgIpc) is 2.68. The summed E-state index contributed by atoms with van der Waals surface area (Å²) in [6.45, 7) is 3.91. The number of hydrogen-bond donors (Lipinski definition) is 2. The number of H-pyrrole nitrogens is 1. The molecule has 2 aromatic rings. The molecule has 4 nitrogen and oxygen atoms in total. The summed E-state index contributed by atoms with van der Waals surface area (Å²) in [5.74, 6) is 1.52. The Morgan fingerprint density at radius 3 is 2.69 bits per heavy atom. The molecule has 80 valence electrons. The van der Waals surface area contributed by atoms with Crippen molar-refractivity contribution >= 4 is 5.82 Å². The van der Waals surface area contributed by atoms with Crippen LogP contribution in [0.25, 0.3) is 11.4 Å². The van der Waals surface area contributed by atoms with Crippen LogP contribution in [-0.2, 0) is 0 Å². The highest BCUT2D eigenvalue weighted by Crippen LogP contribution is 2.19. The van der Waals surface area contributed by atoms with Gasteiger partial charge < -0.3 is 4.98 Å². The molecule has 0 aromatic carbocycles. The van der Waals surface area contributed by atoms with Gasteiger partial charge in [-0.1, -0.05) is 6.42 Å². The zero-order valence-corrected chi connectivity index (χ0v) is 9.20. The maximum atomic E-state index is 5.16. The molecule has 2 rings (SSSR count). The third-order valence-electron chi connectivity index (χ3n) is 2.25. The molecule has 2 aromatic heterocycles. The molecule has 0 radical (unpaired) electrons. The molecule has 0 aliphatic carbocycles. The van der Waals surface area contributed by atoms with Gasteiger partial charge in [-0.3, -0.25) is 5.32 Å². The van der Waals surface area contributed by atoms with Crippen LogP contribution in [0.5, 0.6) is 0 Å². The smallest absolute Gasteiger partial charge is 0.140 e. The largest absolute Gasteiger partial charge is 0.342 e. The Morgan fingerprint density at radius 1 is 1.31 bits per heavy atom. The number of terminal acetylenes is 1. The Bertz CT molecular complexity index is 548. The number of imidazole rings is 1. The van der Waals surface area contributed by atoms with Crippen LogP contribution >= 0.6 is 0 Å². The first-order chi connectivity index (χ1) is 7.70. The highest BCUT2D eigenvalue weighted by Gasteiger charge is 2.05. The predicted octanol–water partition coefficient (Wildman–Crippen LogP) is 2.09. The summed E-state index contributed by atoms with van der Waals surface area (Å²) >= 11 is 0. The highest BCUT2D eigenvalue weighted by atomic mass is 15.0. The number of aromatic nitrogens is 3. The summed E-state index contributed by atoms with van der Waals surface area (Å²) in [4.78, 5) is 11.6. The Kier molecular flexibility index (Phi) is 2.61. The Hall–Kier alpha value is -2.28. The lowest BCUT2D eigenvalue weighted by molar-refractivity contribution is 1.21. The van der Waals surface area contributed by atoms with Crippen LogP contribution in [0.4, 0.5) is 5.82 Å². The van der Waals surface area contributed by atoms with E-state index in [0.717, 1.165) is 22.6 Å². The molecule has 0 saturated heterocycles. The second-order valence-electron chi connectivity index (χ2n) is 3.57. The molecule has 0 aliphatic heterocycles. The fraction of sp³-hybridized carbons (Fsp3) is 0.167. The van der Waals surface area contributed by atoms with Crippen LogP contribution in [0.3, 0.4) is 0 Å². The lowest BCUT2D eigenvalue weighted by atomic mass is 10.2. The van der Waals surface area contributed by atoms with E-state index < -0.39 is 0 Å². The summed E-state index contributed by atoms with van der Waals surface area (Å²) in [6, 6.07) is 4.34. The standard InChI is InChI=1S/C12H12N4/c1-4-13-11-8(2)5-10(7-15-11)12-14-6-9(3)16-12/h1,5-7H,2-3H3,(H,13,15)(H,14,16). The van der Waals surface area contributed by atoms with E-state index in [0.29, 0.717) is 5.82 Å². The van der Waals surface area contributed by atoms with Crippen LogP contribution in [-0.4, -0.2) is 15.0 Å². The monoisotopic (exact) mass is 212 g/mol. The van der Waals surface area contributed by atoms with Crippen molar-refractivity contribution in [3.63, 3.8) is 0 Å². The summed E-state index contributed by atoms with van der Waals surface area (Å²) in [5.41, 5.74) is 2.97. The first-order valence-corrected chi connectivity index (χ1v) is 4.91. The fourth-order valence-electron chi connectivity index (χ4n) is 1.46. The molecule has 2 N–H and O–H groups in total. The van der Waals surface area contributed by atoms with Gasteiger partial charge in [0.15, 0.2) is 0 Å². The fourth-order valence-corrected chi connectivity index (χ4v) is 1.46. The van der Waals surface area contributed by atoms with E-state index in [1.165, 1.54) is 0 Å². The van der Waals surface area contributed by atoms with E-state index in [9.17, 15) is 0 Å². The minimum absolute atomic E-state index is 0.703. The second-order valence-corrected chi connectivity index (χ2v) is 3.57. The van der Waals surface area contributed by atoms with E-state index in [-0.39, 0.29) is 0 Å².